The van der Waals surface area contributed by atoms with Gasteiger partial charge >= 0.3 is 7.12 Å². The number of hydrogen-bond donors (Lipinski definition) is 1. The quantitative estimate of drug-likeness (QED) is 0.851. The molecule has 0 radical (unpaired) electrons. The van der Waals surface area contributed by atoms with Crippen LogP contribution >= 0.6 is 0 Å². The molecule has 23 heavy (non-hydrogen) atoms. The van der Waals surface area contributed by atoms with E-state index in [1.165, 1.54) is 0 Å². The number of sulfone groups is 1. The number of aliphatic hydroxyl groups excluding tert-OH is 1. The van der Waals surface area contributed by atoms with Crippen molar-refractivity contribution in [1.82, 2.24) is 0 Å². The first-order valence-corrected chi connectivity index (χ1v) is 9.32. The Balaban J connectivity index is 2.34. The van der Waals surface area contributed by atoms with E-state index in [-0.39, 0.29) is 11.5 Å². The van der Waals surface area contributed by atoms with Gasteiger partial charge in [0.1, 0.15) is 0 Å². The zero-order valence-electron chi connectivity index (χ0n) is 14.2. The van der Waals surface area contributed by atoms with Crippen LogP contribution in [0.5, 0.6) is 0 Å². The molecule has 0 spiro atoms. The van der Waals surface area contributed by atoms with Gasteiger partial charge in [-0.05, 0) is 50.9 Å². The van der Waals surface area contributed by atoms with Gasteiger partial charge in [-0.25, -0.2) is 8.42 Å². The summed E-state index contributed by atoms with van der Waals surface area (Å²) in [5.74, 6) is 0. The lowest BCUT2D eigenvalue weighted by Crippen LogP contribution is -2.41. The molecule has 126 valence electrons. The van der Waals surface area contributed by atoms with E-state index in [0.717, 1.165) is 6.26 Å². The highest BCUT2D eigenvalue weighted by molar-refractivity contribution is 7.90. The highest BCUT2D eigenvalue weighted by Crippen LogP contribution is 2.38. The molecule has 0 aliphatic carbocycles. The average Bonchev–Trinajstić information content (AvgIpc) is 2.64. The fourth-order valence-corrected chi connectivity index (χ4v) is 2.91. The smallest absolute Gasteiger partial charge is 0.400 e. The van der Waals surface area contributed by atoms with Crippen LogP contribution < -0.4 is 0 Å². The zero-order valence-corrected chi connectivity index (χ0v) is 15.0. The van der Waals surface area contributed by atoms with E-state index in [1.807, 2.05) is 27.7 Å². The lowest BCUT2D eigenvalue weighted by Gasteiger charge is -2.32. The van der Waals surface area contributed by atoms with Crippen LogP contribution in [0.4, 0.5) is 0 Å². The van der Waals surface area contributed by atoms with Gasteiger partial charge in [0.2, 0.25) is 0 Å². The van der Waals surface area contributed by atoms with Gasteiger partial charge in [-0.2, -0.15) is 0 Å². The minimum absolute atomic E-state index is 0.234. The highest BCUT2D eigenvalue weighted by Gasteiger charge is 2.52. The van der Waals surface area contributed by atoms with Crippen molar-refractivity contribution in [2.45, 2.75) is 43.8 Å². The Morgan fingerprint density at radius 1 is 1.22 bits per heavy atom. The second-order valence-electron chi connectivity index (χ2n) is 6.81. The lowest BCUT2D eigenvalue weighted by molar-refractivity contribution is 0.00578. The summed E-state index contributed by atoms with van der Waals surface area (Å²) in [5, 5.41) is 9.67. The number of benzene rings is 1. The van der Waals surface area contributed by atoms with Crippen molar-refractivity contribution >= 4 is 23.0 Å². The first-order chi connectivity index (χ1) is 10.5. The lowest BCUT2D eigenvalue weighted by atomic mass is 9.77. The Morgan fingerprint density at radius 2 is 1.78 bits per heavy atom. The Labute approximate surface area is 138 Å². The second kappa shape index (κ2) is 6.05. The molecule has 2 rings (SSSR count). The molecule has 0 unspecified atom stereocenters. The van der Waals surface area contributed by atoms with E-state index < -0.39 is 28.2 Å². The summed E-state index contributed by atoms with van der Waals surface area (Å²) in [5.41, 5.74) is 0.224. The molecule has 0 saturated carbocycles. The fraction of sp³-hybridized carbons (Fsp3) is 0.500. The third-order valence-corrected chi connectivity index (χ3v) is 5.49. The maximum atomic E-state index is 11.6. The van der Waals surface area contributed by atoms with Crippen LogP contribution in [0.3, 0.4) is 0 Å². The Bertz CT molecular complexity index is 706. The topological polar surface area (TPSA) is 72.8 Å². The molecular formula is C16H23BO5S. The van der Waals surface area contributed by atoms with Crippen molar-refractivity contribution < 1.29 is 22.8 Å². The molecule has 1 saturated heterocycles. The molecule has 1 aromatic carbocycles. The van der Waals surface area contributed by atoms with E-state index in [4.69, 9.17) is 9.31 Å². The minimum atomic E-state index is -3.28. The Kier molecular flexibility index (Phi) is 4.79. The van der Waals surface area contributed by atoms with Gasteiger partial charge in [-0.15, -0.1) is 0 Å². The molecule has 1 heterocycles. The summed E-state index contributed by atoms with van der Waals surface area (Å²) < 4.78 is 35.1. The molecular weight excluding hydrogens is 315 g/mol. The highest BCUT2D eigenvalue weighted by atomic mass is 32.2. The Hall–Kier alpha value is -1.15. The van der Waals surface area contributed by atoms with Crippen molar-refractivity contribution in [2.75, 3.05) is 12.9 Å². The monoisotopic (exact) mass is 338 g/mol. The molecule has 5 nitrogen and oxygen atoms in total. The maximum absolute atomic E-state index is 11.6. The van der Waals surface area contributed by atoms with Gasteiger partial charge in [0.25, 0.3) is 0 Å². The fourth-order valence-electron chi connectivity index (χ4n) is 2.23. The van der Waals surface area contributed by atoms with Crippen LogP contribution in [0, 0.1) is 0 Å². The van der Waals surface area contributed by atoms with Gasteiger partial charge in [0.15, 0.2) is 9.84 Å². The second-order valence-corrected chi connectivity index (χ2v) is 8.83. The molecule has 1 fully saturated rings. The number of hydrogen-bond acceptors (Lipinski definition) is 5. The molecule has 0 amide bonds. The third-order valence-electron chi connectivity index (χ3n) is 4.38. The van der Waals surface area contributed by atoms with Crippen LogP contribution in [0.25, 0.3) is 6.08 Å². The summed E-state index contributed by atoms with van der Waals surface area (Å²) in [7, 11) is -3.94. The van der Waals surface area contributed by atoms with Gasteiger partial charge in [0.05, 0.1) is 22.7 Å². The van der Waals surface area contributed by atoms with Crippen molar-refractivity contribution in [1.29, 1.82) is 0 Å². The predicted octanol–water partition coefficient (Wildman–Crippen LogP) is 2.10. The van der Waals surface area contributed by atoms with Gasteiger partial charge in [0, 0.05) is 6.26 Å². The SMILES string of the molecule is CC1(C)OB(C(=Cc2cccc(S(C)(=O)=O)c2)CO)OC1(C)C. The average molecular weight is 338 g/mol. The molecule has 1 aliphatic rings. The summed E-state index contributed by atoms with van der Waals surface area (Å²) in [6, 6.07) is 6.55. The molecule has 1 aromatic rings. The maximum Gasteiger partial charge on any atom is 0.492 e. The van der Waals surface area contributed by atoms with Crippen molar-refractivity contribution in [3.05, 3.63) is 35.3 Å². The first kappa shape index (κ1) is 18.2. The van der Waals surface area contributed by atoms with E-state index in [1.54, 1.807) is 30.3 Å². The predicted molar refractivity (Wildman–Crippen MR) is 90.7 cm³/mol. The summed E-state index contributed by atoms with van der Waals surface area (Å²) in [6.45, 7) is 7.51. The largest absolute Gasteiger partial charge is 0.492 e. The first-order valence-electron chi connectivity index (χ1n) is 7.43. The molecule has 0 aromatic heterocycles. The van der Waals surface area contributed by atoms with E-state index in [0.29, 0.717) is 11.0 Å². The molecule has 7 heteroatoms. The van der Waals surface area contributed by atoms with E-state index in [9.17, 15) is 13.5 Å². The van der Waals surface area contributed by atoms with Crippen molar-refractivity contribution in [3.63, 3.8) is 0 Å². The van der Waals surface area contributed by atoms with Crippen LogP contribution in [0.15, 0.2) is 34.6 Å². The Morgan fingerprint density at radius 3 is 2.26 bits per heavy atom. The van der Waals surface area contributed by atoms with E-state index in [2.05, 4.69) is 0 Å². The third kappa shape index (κ3) is 3.85. The van der Waals surface area contributed by atoms with Crippen molar-refractivity contribution in [3.8, 4) is 0 Å². The molecule has 1 N–H and O–H groups in total. The van der Waals surface area contributed by atoms with Gasteiger partial charge in [-0.1, -0.05) is 18.2 Å². The minimum Gasteiger partial charge on any atom is -0.400 e. The van der Waals surface area contributed by atoms with Crippen molar-refractivity contribution in [2.24, 2.45) is 0 Å². The van der Waals surface area contributed by atoms with Gasteiger partial charge in [-0.3, -0.25) is 0 Å². The number of aliphatic hydroxyl groups is 1. The molecule has 1 aliphatic heterocycles. The standard InChI is InChI=1S/C16H23BO5S/c1-15(2)16(3,4)22-17(21-15)13(11-18)9-12-7-6-8-14(10-12)23(5,19)20/h6-10,18H,11H2,1-5H3. The van der Waals surface area contributed by atoms with Crippen LogP contribution in [0.1, 0.15) is 33.3 Å². The zero-order chi connectivity index (χ0) is 17.5. The normalized spacial score (nSPS) is 20.8. The summed E-state index contributed by atoms with van der Waals surface area (Å²) in [6.07, 6.45) is 2.87. The van der Waals surface area contributed by atoms with Crippen LogP contribution in [-0.4, -0.2) is 44.7 Å². The van der Waals surface area contributed by atoms with Crippen LogP contribution in [-0.2, 0) is 19.1 Å². The molecule has 0 atom stereocenters. The number of rotatable bonds is 4. The van der Waals surface area contributed by atoms with Gasteiger partial charge < -0.3 is 14.4 Å². The van der Waals surface area contributed by atoms with E-state index >= 15 is 0 Å². The molecule has 0 bridgehead atoms. The van der Waals surface area contributed by atoms with Crippen LogP contribution in [0.2, 0.25) is 0 Å². The summed E-state index contributed by atoms with van der Waals surface area (Å²) in [4.78, 5) is 0.234. The summed E-state index contributed by atoms with van der Waals surface area (Å²) >= 11 is 0.